The maximum atomic E-state index is 6.01. The fourth-order valence-corrected chi connectivity index (χ4v) is 2.70. The first-order chi connectivity index (χ1) is 9.78. The van der Waals surface area contributed by atoms with Gasteiger partial charge in [0.2, 0.25) is 0 Å². The van der Waals surface area contributed by atoms with Crippen LogP contribution in [0.15, 0.2) is 42.7 Å². The Balaban J connectivity index is 1.90. The minimum atomic E-state index is 0.419. The highest BCUT2D eigenvalue weighted by molar-refractivity contribution is 6.16. The third-order valence-electron chi connectivity index (χ3n) is 3.46. The molecule has 0 aliphatic heterocycles. The normalized spacial score (nSPS) is 11.1. The van der Waals surface area contributed by atoms with Crippen LogP contribution in [0.3, 0.4) is 0 Å². The Morgan fingerprint density at radius 2 is 2.15 bits per heavy atom. The van der Waals surface area contributed by atoms with Gasteiger partial charge in [-0.1, -0.05) is 29.8 Å². The Bertz CT molecular complexity index is 733. The van der Waals surface area contributed by atoms with Crippen molar-refractivity contribution in [1.29, 1.82) is 0 Å². The van der Waals surface area contributed by atoms with E-state index in [-0.39, 0.29) is 0 Å². The second kappa shape index (κ2) is 5.63. The van der Waals surface area contributed by atoms with Crippen molar-refractivity contribution in [2.45, 2.75) is 25.8 Å². The molecule has 0 aliphatic rings. The smallest absolute Gasteiger partial charge is 0.124 e. The van der Waals surface area contributed by atoms with E-state index in [1.165, 1.54) is 11.1 Å². The Morgan fingerprint density at radius 1 is 1.25 bits per heavy atom. The molecule has 0 saturated carbocycles. The number of nitrogens with zero attached hydrogens (tertiary/aromatic N) is 3. The van der Waals surface area contributed by atoms with Crippen LogP contribution in [0.5, 0.6) is 0 Å². The number of rotatable bonds is 4. The topological polar surface area (TPSA) is 30.7 Å². The predicted molar refractivity (Wildman–Crippen MR) is 82.0 cm³/mol. The molecule has 0 N–H and O–H groups in total. The fraction of sp³-hybridized carbons (Fsp3) is 0.250. The molecule has 0 saturated heterocycles. The zero-order chi connectivity index (χ0) is 13.9. The minimum absolute atomic E-state index is 0.419. The van der Waals surface area contributed by atoms with Crippen LogP contribution in [0.4, 0.5) is 0 Å². The lowest BCUT2D eigenvalue weighted by Gasteiger charge is -2.08. The van der Waals surface area contributed by atoms with E-state index in [1.54, 1.807) is 12.4 Å². The van der Waals surface area contributed by atoms with Gasteiger partial charge in [0.05, 0.1) is 17.6 Å². The van der Waals surface area contributed by atoms with E-state index in [4.69, 9.17) is 11.6 Å². The summed E-state index contributed by atoms with van der Waals surface area (Å²) in [5.74, 6) is 1.32. The second-order valence-corrected chi connectivity index (χ2v) is 5.18. The molecule has 4 heteroatoms. The number of aromatic nitrogens is 3. The summed E-state index contributed by atoms with van der Waals surface area (Å²) < 4.78 is 2.19. The maximum Gasteiger partial charge on any atom is 0.124 e. The lowest BCUT2D eigenvalue weighted by Crippen LogP contribution is -2.05. The first-order valence-electron chi connectivity index (χ1n) is 6.68. The van der Waals surface area contributed by atoms with E-state index in [0.29, 0.717) is 5.88 Å². The number of hydrogen-bond donors (Lipinski definition) is 0. The molecule has 3 aromatic rings. The predicted octanol–water partition coefficient (Wildman–Crippen LogP) is 3.72. The van der Waals surface area contributed by atoms with E-state index in [1.807, 2.05) is 6.07 Å². The van der Waals surface area contributed by atoms with E-state index < -0.39 is 0 Å². The molecule has 1 aromatic carbocycles. The van der Waals surface area contributed by atoms with E-state index in [0.717, 1.165) is 29.8 Å². The number of hydrogen-bond acceptors (Lipinski definition) is 2. The third kappa shape index (κ3) is 2.54. The molecular weight excluding hydrogens is 270 g/mol. The van der Waals surface area contributed by atoms with Crippen molar-refractivity contribution in [3.05, 3.63) is 59.7 Å². The van der Waals surface area contributed by atoms with Crippen LogP contribution in [-0.4, -0.2) is 14.5 Å². The number of imidazole rings is 1. The van der Waals surface area contributed by atoms with Gasteiger partial charge in [0.1, 0.15) is 11.3 Å². The summed E-state index contributed by atoms with van der Waals surface area (Å²) in [6.45, 7) is 3.00. The summed E-state index contributed by atoms with van der Waals surface area (Å²) in [7, 11) is 0. The van der Waals surface area contributed by atoms with Crippen molar-refractivity contribution in [3.8, 4) is 0 Å². The Hall–Kier alpha value is -1.87. The van der Waals surface area contributed by atoms with Crippen molar-refractivity contribution in [3.63, 3.8) is 0 Å². The summed E-state index contributed by atoms with van der Waals surface area (Å²) in [4.78, 5) is 8.64. The zero-order valence-electron chi connectivity index (χ0n) is 11.4. The monoisotopic (exact) mass is 285 g/mol. The van der Waals surface area contributed by atoms with E-state index in [9.17, 15) is 0 Å². The highest BCUT2D eigenvalue weighted by Crippen LogP contribution is 2.17. The van der Waals surface area contributed by atoms with Gasteiger partial charge in [0.25, 0.3) is 0 Å². The highest BCUT2D eigenvalue weighted by atomic mass is 35.5. The van der Waals surface area contributed by atoms with Gasteiger partial charge in [-0.3, -0.25) is 4.98 Å². The lowest BCUT2D eigenvalue weighted by atomic mass is 10.1. The molecule has 2 aromatic heterocycles. The molecule has 20 heavy (non-hydrogen) atoms. The molecular formula is C16H16ClN3. The molecule has 3 nitrogen and oxygen atoms in total. The number of aryl methyl sites for hydroxylation is 3. The van der Waals surface area contributed by atoms with Gasteiger partial charge in [0.15, 0.2) is 0 Å². The van der Waals surface area contributed by atoms with Crippen molar-refractivity contribution in [1.82, 2.24) is 14.5 Å². The Labute approximate surface area is 123 Å². The van der Waals surface area contributed by atoms with Crippen LogP contribution in [-0.2, 0) is 18.8 Å². The Morgan fingerprint density at radius 3 is 2.95 bits per heavy atom. The largest absolute Gasteiger partial charge is 0.327 e. The third-order valence-corrected chi connectivity index (χ3v) is 3.69. The molecule has 0 aliphatic carbocycles. The first-order valence-corrected chi connectivity index (χ1v) is 7.22. The van der Waals surface area contributed by atoms with Gasteiger partial charge in [-0.2, -0.15) is 0 Å². The van der Waals surface area contributed by atoms with Gasteiger partial charge in [-0.15, -0.1) is 11.6 Å². The number of pyridine rings is 1. The summed E-state index contributed by atoms with van der Waals surface area (Å²) in [6, 6.07) is 10.6. The van der Waals surface area contributed by atoms with Gasteiger partial charge in [0, 0.05) is 12.7 Å². The number of alkyl halides is 1. The fourth-order valence-electron chi connectivity index (χ4n) is 2.49. The molecule has 0 atom stereocenters. The number of benzene rings is 1. The van der Waals surface area contributed by atoms with Crippen LogP contribution in [0.1, 0.15) is 17.0 Å². The highest BCUT2D eigenvalue weighted by Gasteiger charge is 2.09. The maximum absolute atomic E-state index is 6.01. The van der Waals surface area contributed by atoms with Crippen LogP contribution >= 0.6 is 11.6 Å². The minimum Gasteiger partial charge on any atom is -0.327 e. The molecule has 0 amide bonds. The van der Waals surface area contributed by atoms with Crippen LogP contribution in [0.25, 0.3) is 11.0 Å². The SMILES string of the molecule is Cc1cccc(CCn2c(CCl)nc3cnccc32)c1. The van der Waals surface area contributed by atoms with Gasteiger partial charge < -0.3 is 4.57 Å². The molecule has 2 heterocycles. The van der Waals surface area contributed by atoms with Crippen LogP contribution in [0.2, 0.25) is 0 Å². The van der Waals surface area contributed by atoms with Gasteiger partial charge in [-0.05, 0) is 25.0 Å². The molecule has 3 rings (SSSR count). The van der Waals surface area contributed by atoms with E-state index in [2.05, 4.69) is 45.7 Å². The quantitative estimate of drug-likeness (QED) is 0.684. The first kappa shape index (κ1) is 13.1. The average Bonchev–Trinajstić information content (AvgIpc) is 2.83. The van der Waals surface area contributed by atoms with Crippen molar-refractivity contribution in [2.75, 3.05) is 0 Å². The average molecular weight is 286 g/mol. The molecule has 0 unspecified atom stereocenters. The van der Waals surface area contributed by atoms with Gasteiger partial charge in [-0.25, -0.2) is 4.98 Å². The summed E-state index contributed by atoms with van der Waals surface area (Å²) in [5, 5.41) is 0. The summed E-state index contributed by atoms with van der Waals surface area (Å²) >= 11 is 6.01. The molecule has 0 radical (unpaired) electrons. The van der Waals surface area contributed by atoms with Crippen molar-refractivity contribution in [2.24, 2.45) is 0 Å². The summed E-state index contributed by atoms with van der Waals surface area (Å²) in [6.07, 6.45) is 4.55. The molecule has 102 valence electrons. The summed E-state index contributed by atoms with van der Waals surface area (Å²) in [5.41, 5.74) is 4.64. The van der Waals surface area contributed by atoms with Crippen LogP contribution < -0.4 is 0 Å². The van der Waals surface area contributed by atoms with Crippen LogP contribution in [0, 0.1) is 6.92 Å². The number of fused-ring (bicyclic) bond motifs is 1. The van der Waals surface area contributed by atoms with Gasteiger partial charge >= 0.3 is 0 Å². The second-order valence-electron chi connectivity index (χ2n) is 4.92. The molecule has 0 fully saturated rings. The standard InChI is InChI=1S/C16H16ClN3/c1-12-3-2-4-13(9-12)6-8-20-15-5-7-18-11-14(15)19-16(20)10-17/h2-5,7,9,11H,6,8,10H2,1H3. The Kier molecular flexibility index (Phi) is 3.70. The van der Waals surface area contributed by atoms with Crippen molar-refractivity contribution < 1.29 is 0 Å². The lowest BCUT2D eigenvalue weighted by molar-refractivity contribution is 0.688. The zero-order valence-corrected chi connectivity index (χ0v) is 12.1. The molecule has 0 bridgehead atoms. The van der Waals surface area contributed by atoms with E-state index >= 15 is 0 Å². The number of halogens is 1. The molecule has 0 spiro atoms. The van der Waals surface area contributed by atoms with Crippen molar-refractivity contribution >= 4 is 22.6 Å².